The van der Waals surface area contributed by atoms with Crippen LogP contribution in [-0.2, 0) is 0 Å². The van der Waals surface area contributed by atoms with Crippen molar-refractivity contribution in [1.82, 2.24) is 10.3 Å². The molecule has 2 heterocycles. The first-order chi connectivity index (χ1) is 7.84. The molecular formula is C13H20N2O. The van der Waals surface area contributed by atoms with Crippen molar-refractivity contribution in [2.75, 3.05) is 13.2 Å². The maximum absolute atomic E-state index is 5.61. The Labute approximate surface area is 97.2 Å². The van der Waals surface area contributed by atoms with Crippen LogP contribution in [0.25, 0.3) is 0 Å². The maximum atomic E-state index is 5.61. The van der Waals surface area contributed by atoms with Gasteiger partial charge in [-0.05, 0) is 38.3 Å². The Bertz CT molecular complexity index is 304. The molecule has 1 saturated heterocycles. The number of piperidine rings is 1. The molecule has 3 nitrogen and oxygen atoms in total. The molecule has 0 spiro atoms. The lowest BCUT2D eigenvalue weighted by atomic mass is 10.0. The number of pyridine rings is 1. The molecule has 0 saturated carbocycles. The molecule has 1 aliphatic rings. The van der Waals surface area contributed by atoms with Gasteiger partial charge in [-0.1, -0.05) is 12.5 Å². The molecule has 1 aromatic rings. The van der Waals surface area contributed by atoms with Gasteiger partial charge in [-0.3, -0.25) is 0 Å². The fourth-order valence-electron chi connectivity index (χ4n) is 2.02. The molecule has 1 fully saturated rings. The number of nitrogens with zero attached hydrogens (tertiary/aromatic N) is 1. The Morgan fingerprint density at radius 3 is 3.06 bits per heavy atom. The Balaban J connectivity index is 1.69. The van der Waals surface area contributed by atoms with E-state index >= 15 is 0 Å². The number of aryl methyl sites for hydroxylation is 1. The SMILES string of the molecule is Cc1ccc(OCC[C@H]2CCCCN2)nc1. The zero-order chi connectivity index (χ0) is 11.2. The van der Waals surface area contributed by atoms with Crippen molar-refractivity contribution in [3.63, 3.8) is 0 Å². The molecule has 0 unspecified atom stereocenters. The molecule has 1 aliphatic heterocycles. The largest absolute Gasteiger partial charge is 0.478 e. The van der Waals surface area contributed by atoms with Gasteiger partial charge in [-0.25, -0.2) is 4.98 Å². The zero-order valence-corrected chi connectivity index (χ0v) is 9.91. The van der Waals surface area contributed by atoms with Crippen LogP contribution in [0.2, 0.25) is 0 Å². The predicted octanol–water partition coefficient (Wildman–Crippen LogP) is 2.30. The van der Waals surface area contributed by atoms with Gasteiger partial charge in [-0.2, -0.15) is 0 Å². The predicted molar refractivity (Wildman–Crippen MR) is 64.7 cm³/mol. The highest BCUT2D eigenvalue weighted by Gasteiger charge is 2.11. The van der Waals surface area contributed by atoms with Crippen molar-refractivity contribution in [1.29, 1.82) is 0 Å². The highest BCUT2D eigenvalue weighted by Crippen LogP contribution is 2.11. The van der Waals surface area contributed by atoms with Crippen molar-refractivity contribution in [2.45, 2.75) is 38.6 Å². The summed E-state index contributed by atoms with van der Waals surface area (Å²) in [5.74, 6) is 0.737. The summed E-state index contributed by atoms with van der Waals surface area (Å²) in [5, 5.41) is 3.51. The summed E-state index contributed by atoms with van der Waals surface area (Å²) >= 11 is 0. The van der Waals surface area contributed by atoms with Crippen LogP contribution in [-0.4, -0.2) is 24.2 Å². The summed E-state index contributed by atoms with van der Waals surface area (Å²) < 4.78 is 5.61. The fraction of sp³-hybridized carbons (Fsp3) is 0.615. The third-order valence-electron chi connectivity index (χ3n) is 3.01. The molecule has 16 heavy (non-hydrogen) atoms. The second-order valence-corrected chi connectivity index (χ2v) is 4.46. The molecule has 0 aliphatic carbocycles. The summed E-state index contributed by atoms with van der Waals surface area (Å²) in [4.78, 5) is 4.22. The molecule has 0 aromatic carbocycles. The summed E-state index contributed by atoms with van der Waals surface area (Å²) in [6, 6.07) is 4.60. The van der Waals surface area contributed by atoms with Crippen molar-refractivity contribution < 1.29 is 4.74 Å². The van der Waals surface area contributed by atoms with Crippen molar-refractivity contribution in [2.24, 2.45) is 0 Å². The van der Waals surface area contributed by atoms with Crippen LogP contribution in [0.5, 0.6) is 5.88 Å². The third-order valence-corrected chi connectivity index (χ3v) is 3.01. The molecule has 0 amide bonds. The van der Waals surface area contributed by atoms with Gasteiger partial charge in [0, 0.05) is 18.3 Å². The summed E-state index contributed by atoms with van der Waals surface area (Å²) in [6.45, 7) is 3.95. The van der Waals surface area contributed by atoms with Crippen LogP contribution in [0.1, 0.15) is 31.2 Å². The molecule has 1 aromatic heterocycles. The lowest BCUT2D eigenvalue weighted by molar-refractivity contribution is 0.260. The van der Waals surface area contributed by atoms with E-state index in [1.54, 1.807) is 0 Å². The van der Waals surface area contributed by atoms with E-state index in [0.717, 1.165) is 25.5 Å². The molecule has 3 heteroatoms. The van der Waals surface area contributed by atoms with E-state index in [1.165, 1.54) is 24.8 Å². The topological polar surface area (TPSA) is 34.1 Å². The normalized spacial score (nSPS) is 20.7. The van der Waals surface area contributed by atoms with Gasteiger partial charge < -0.3 is 10.1 Å². The minimum absolute atomic E-state index is 0.638. The van der Waals surface area contributed by atoms with Crippen LogP contribution in [0.4, 0.5) is 0 Å². The standard InChI is InChI=1S/C13H20N2O/c1-11-5-6-13(15-10-11)16-9-7-12-4-2-3-8-14-12/h5-6,10,12,14H,2-4,7-9H2,1H3/t12-/m1/s1. The van der Waals surface area contributed by atoms with Crippen molar-refractivity contribution >= 4 is 0 Å². The van der Waals surface area contributed by atoms with Crippen LogP contribution >= 0.6 is 0 Å². The minimum atomic E-state index is 0.638. The Hall–Kier alpha value is -1.09. The van der Waals surface area contributed by atoms with Gasteiger partial charge >= 0.3 is 0 Å². The zero-order valence-electron chi connectivity index (χ0n) is 9.91. The number of nitrogens with one attached hydrogen (secondary N) is 1. The van der Waals surface area contributed by atoms with E-state index in [-0.39, 0.29) is 0 Å². The summed E-state index contributed by atoms with van der Waals surface area (Å²) in [7, 11) is 0. The monoisotopic (exact) mass is 220 g/mol. The molecule has 2 rings (SSSR count). The first kappa shape index (κ1) is 11.4. The van der Waals surface area contributed by atoms with Gasteiger partial charge in [0.25, 0.3) is 0 Å². The minimum Gasteiger partial charge on any atom is -0.478 e. The Morgan fingerprint density at radius 1 is 1.44 bits per heavy atom. The van der Waals surface area contributed by atoms with E-state index in [1.807, 2.05) is 25.3 Å². The molecule has 0 radical (unpaired) electrons. The number of aromatic nitrogens is 1. The molecule has 0 bridgehead atoms. The second-order valence-electron chi connectivity index (χ2n) is 4.46. The summed E-state index contributed by atoms with van der Waals surface area (Å²) in [5.41, 5.74) is 1.17. The summed E-state index contributed by atoms with van der Waals surface area (Å²) in [6.07, 6.45) is 6.87. The number of ether oxygens (including phenoxy) is 1. The number of rotatable bonds is 4. The fourth-order valence-corrected chi connectivity index (χ4v) is 2.02. The maximum Gasteiger partial charge on any atom is 0.213 e. The van der Waals surface area contributed by atoms with E-state index in [4.69, 9.17) is 4.74 Å². The van der Waals surface area contributed by atoms with E-state index in [9.17, 15) is 0 Å². The average Bonchev–Trinajstić information content (AvgIpc) is 2.33. The van der Waals surface area contributed by atoms with Crippen LogP contribution in [0, 0.1) is 6.92 Å². The lowest BCUT2D eigenvalue weighted by Crippen LogP contribution is -2.35. The Morgan fingerprint density at radius 2 is 2.38 bits per heavy atom. The van der Waals surface area contributed by atoms with Crippen LogP contribution < -0.4 is 10.1 Å². The number of hydrogen-bond donors (Lipinski definition) is 1. The molecule has 1 N–H and O–H groups in total. The first-order valence-electron chi connectivity index (χ1n) is 6.13. The van der Waals surface area contributed by atoms with Crippen LogP contribution in [0.3, 0.4) is 0 Å². The van der Waals surface area contributed by atoms with E-state index in [2.05, 4.69) is 10.3 Å². The molecule has 1 atom stereocenters. The average molecular weight is 220 g/mol. The number of hydrogen-bond acceptors (Lipinski definition) is 3. The van der Waals surface area contributed by atoms with Gasteiger partial charge in [-0.15, -0.1) is 0 Å². The van der Waals surface area contributed by atoms with Gasteiger partial charge in [0.15, 0.2) is 0 Å². The van der Waals surface area contributed by atoms with Crippen molar-refractivity contribution in [3.8, 4) is 5.88 Å². The smallest absolute Gasteiger partial charge is 0.213 e. The third kappa shape index (κ3) is 3.49. The van der Waals surface area contributed by atoms with Gasteiger partial charge in [0.05, 0.1) is 6.61 Å². The second kappa shape index (κ2) is 5.85. The molecule has 88 valence electrons. The van der Waals surface area contributed by atoms with Gasteiger partial charge in [0.1, 0.15) is 0 Å². The van der Waals surface area contributed by atoms with Gasteiger partial charge in [0.2, 0.25) is 5.88 Å². The molecular weight excluding hydrogens is 200 g/mol. The highest BCUT2D eigenvalue weighted by atomic mass is 16.5. The van der Waals surface area contributed by atoms with E-state index in [0.29, 0.717) is 6.04 Å². The first-order valence-corrected chi connectivity index (χ1v) is 6.13. The lowest BCUT2D eigenvalue weighted by Gasteiger charge is -2.23. The van der Waals surface area contributed by atoms with Crippen molar-refractivity contribution in [3.05, 3.63) is 23.9 Å². The highest BCUT2D eigenvalue weighted by molar-refractivity contribution is 5.16. The quantitative estimate of drug-likeness (QED) is 0.845. The Kier molecular flexibility index (Phi) is 4.17. The van der Waals surface area contributed by atoms with E-state index < -0.39 is 0 Å². The van der Waals surface area contributed by atoms with Crippen LogP contribution in [0.15, 0.2) is 18.3 Å².